The van der Waals surface area contributed by atoms with E-state index in [1.54, 1.807) is 36.4 Å². The Kier molecular flexibility index (Phi) is 8.14. The van der Waals surface area contributed by atoms with Gasteiger partial charge in [0.15, 0.2) is 0 Å². The third kappa shape index (κ3) is 6.96. The van der Waals surface area contributed by atoms with Crippen molar-refractivity contribution < 1.29 is 18.0 Å². The van der Waals surface area contributed by atoms with Gasteiger partial charge in [0.1, 0.15) is 6.04 Å². The minimum Gasteiger partial charge on any atom is -0.350 e. The third-order valence-electron chi connectivity index (χ3n) is 4.71. The first-order valence-electron chi connectivity index (χ1n) is 9.75. The molecule has 2 aromatic rings. The lowest BCUT2D eigenvalue weighted by molar-refractivity contribution is -0.124. The Morgan fingerprint density at radius 2 is 1.50 bits per heavy atom. The fourth-order valence-electron chi connectivity index (χ4n) is 2.81. The quantitative estimate of drug-likeness (QED) is 0.566. The monoisotopic (exact) mass is 431 g/mol. The van der Waals surface area contributed by atoms with Gasteiger partial charge in [0.2, 0.25) is 15.9 Å². The third-order valence-corrected chi connectivity index (χ3v) is 6.04. The van der Waals surface area contributed by atoms with Crippen LogP contribution in [0.2, 0.25) is 0 Å². The SMILES string of the molecule is CNS(=O)(=O)Cc1ccc(CNC(=O)[C@@H](NC(=O)c2ccc(C)cc2)C(C)C)cc1. The van der Waals surface area contributed by atoms with Crippen molar-refractivity contribution in [1.82, 2.24) is 15.4 Å². The number of amides is 2. The van der Waals surface area contributed by atoms with E-state index in [0.29, 0.717) is 11.1 Å². The van der Waals surface area contributed by atoms with Crippen LogP contribution in [-0.4, -0.2) is 33.3 Å². The van der Waals surface area contributed by atoms with Gasteiger partial charge in [-0.1, -0.05) is 55.8 Å². The molecule has 2 amide bonds. The van der Waals surface area contributed by atoms with Crippen molar-refractivity contribution in [2.75, 3.05) is 7.05 Å². The number of hydrogen-bond donors (Lipinski definition) is 3. The van der Waals surface area contributed by atoms with Gasteiger partial charge in [-0.15, -0.1) is 0 Å². The molecular formula is C22H29N3O4S. The lowest BCUT2D eigenvalue weighted by Crippen LogP contribution is -2.49. The molecule has 0 saturated carbocycles. The Morgan fingerprint density at radius 1 is 0.933 bits per heavy atom. The first kappa shape index (κ1) is 23.6. The molecule has 1 atom stereocenters. The molecule has 0 unspecified atom stereocenters. The number of carbonyl (C=O) groups excluding carboxylic acids is 2. The molecule has 0 aliphatic rings. The molecule has 0 radical (unpaired) electrons. The van der Waals surface area contributed by atoms with E-state index in [1.165, 1.54) is 7.05 Å². The Hall–Kier alpha value is -2.71. The van der Waals surface area contributed by atoms with Crippen LogP contribution in [0.1, 0.15) is 40.9 Å². The molecule has 0 aliphatic heterocycles. The molecule has 0 aromatic heterocycles. The van der Waals surface area contributed by atoms with E-state index in [-0.39, 0.29) is 30.0 Å². The van der Waals surface area contributed by atoms with E-state index in [0.717, 1.165) is 11.1 Å². The van der Waals surface area contributed by atoms with Crippen LogP contribution in [0.4, 0.5) is 0 Å². The normalized spacial score (nSPS) is 12.4. The zero-order chi connectivity index (χ0) is 22.3. The molecular weight excluding hydrogens is 402 g/mol. The predicted molar refractivity (Wildman–Crippen MR) is 117 cm³/mol. The Morgan fingerprint density at radius 3 is 2.03 bits per heavy atom. The lowest BCUT2D eigenvalue weighted by Gasteiger charge is -2.22. The molecule has 0 saturated heterocycles. The highest BCUT2D eigenvalue weighted by molar-refractivity contribution is 7.88. The van der Waals surface area contributed by atoms with Crippen LogP contribution in [0.3, 0.4) is 0 Å². The zero-order valence-electron chi connectivity index (χ0n) is 17.7. The van der Waals surface area contributed by atoms with Crippen LogP contribution in [0, 0.1) is 12.8 Å². The lowest BCUT2D eigenvalue weighted by atomic mass is 10.0. The second-order valence-corrected chi connectivity index (χ2v) is 9.49. The fraction of sp³-hybridized carbons (Fsp3) is 0.364. The Balaban J connectivity index is 1.96. The molecule has 0 heterocycles. The summed E-state index contributed by atoms with van der Waals surface area (Å²) in [5.74, 6) is -0.754. The number of nitrogens with one attached hydrogen (secondary N) is 3. The predicted octanol–water partition coefficient (Wildman–Crippen LogP) is 2.12. The second-order valence-electron chi connectivity index (χ2n) is 7.56. The largest absolute Gasteiger partial charge is 0.350 e. The van der Waals surface area contributed by atoms with Gasteiger partial charge in [0.25, 0.3) is 5.91 Å². The second kappa shape index (κ2) is 10.4. The summed E-state index contributed by atoms with van der Waals surface area (Å²) in [5, 5.41) is 5.65. The maximum Gasteiger partial charge on any atom is 0.251 e. The molecule has 30 heavy (non-hydrogen) atoms. The molecule has 0 fully saturated rings. The Labute approximate surface area is 178 Å². The highest BCUT2D eigenvalue weighted by atomic mass is 32.2. The van der Waals surface area contributed by atoms with E-state index in [1.807, 2.05) is 32.9 Å². The summed E-state index contributed by atoms with van der Waals surface area (Å²) >= 11 is 0. The van der Waals surface area contributed by atoms with Gasteiger partial charge in [-0.3, -0.25) is 9.59 Å². The number of rotatable bonds is 9. The van der Waals surface area contributed by atoms with Crippen molar-refractivity contribution in [3.8, 4) is 0 Å². The number of carbonyl (C=O) groups is 2. The maximum atomic E-state index is 12.7. The number of sulfonamides is 1. The van der Waals surface area contributed by atoms with Gasteiger partial charge in [-0.2, -0.15) is 0 Å². The van der Waals surface area contributed by atoms with Crippen molar-refractivity contribution in [2.45, 2.75) is 39.1 Å². The fourth-order valence-corrected chi connectivity index (χ4v) is 3.58. The highest BCUT2D eigenvalue weighted by Crippen LogP contribution is 2.10. The molecule has 8 heteroatoms. The summed E-state index contributed by atoms with van der Waals surface area (Å²) in [7, 11) is -1.95. The molecule has 0 spiro atoms. The summed E-state index contributed by atoms with van der Waals surface area (Å²) < 4.78 is 25.5. The van der Waals surface area contributed by atoms with Crippen LogP contribution < -0.4 is 15.4 Å². The van der Waals surface area contributed by atoms with Crippen LogP contribution in [0.5, 0.6) is 0 Å². The van der Waals surface area contributed by atoms with Gasteiger partial charge in [0, 0.05) is 12.1 Å². The molecule has 2 aromatic carbocycles. The maximum absolute atomic E-state index is 12.7. The van der Waals surface area contributed by atoms with E-state index in [9.17, 15) is 18.0 Å². The van der Waals surface area contributed by atoms with Gasteiger partial charge >= 0.3 is 0 Å². The Bertz CT molecular complexity index is 968. The average Bonchev–Trinajstić information content (AvgIpc) is 2.71. The van der Waals surface area contributed by atoms with E-state index >= 15 is 0 Å². The number of hydrogen-bond acceptors (Lipinski definition) is 4. The van der Waals surface area contributed by atoms with E-state index in [4.69, 9.17) is 0 Å². The summed E-state index contributed by atoms with van der Waals surface area (Å²) in [4.78, 5) is 25.1. The van der Waals surface area contributed by atoms with Crippen LogP contribution in [-0.2, 0) is 27.1 Å². The minimum atomic E-state index is -3.33. The summed E-state index contributed by atoms with van der Waals surface area (Å²) in [6, 6.07) is 13.5. The molecule has 0 bridgehead atoms. The van der Waals surface area contributed by atoms with Crippen molar-refractivity contribution >= 4 is 21.8 Å². The van der Waals surface area contributed by atoms with Gasteiger partial charge in [-0.05, 0) is 43.1 Å². The van der Waals surface area contributed by atoms with Crippen molar-refractivity contribution in [3.05, 3.63) is 70.8 Å². The first-order chi connectivity index (χ1) is 14.1. The number of benzene rings is 2. The first-order valence-corrected chi connectivity index (χ1v) is 11.4. The minimum absolute atomic E-state index is 0.0893. The smallest absolute Gasteiger partial charge is 0.251 e. The summed E-state index contributed by atoms with van der Waals surface area (Å²) in [6.07, 6.45) is 0. The van der Waals surface area contributed by atoms with E-state index < -0.39 is 16.1 Å². The average molecular weight is 432 g/mol. The van der Waals surface area contributed by atoms with Crippen molar-refractivity contribution in [1.29, 1.82) is 0 Å². The number of aryl methyl sites for hydroxylation is 1. The zero-order valence-corrected chi connectivity index (χ0v) is 18.5. The van der Waals surface area contributed by atoms with E-state index in [2.05, 4.69) is 15.4 Å². The van der Waals surface area contributed by atoms with Crippen molar-refractivity contribution in [2.24, 2.45) is 5.92 Å². The van der Waals surface area contributed by atoms with Gasteiger partial charge in [-0.25, -0.2) is 13.1 Å². The molecule has 7 nitrogen and oxygen atoms in total. The molecule has 0 aliphatic carbocycles. The van der Waals surface area contributed by atoms with Crippen molar-refractivity contribution in [3.63, 3.8) is 0 Å². The van der Waals surface area contributed by atoms with Crippen LogP contribution >= 0.6 is 0 Å². The van der Waals surface area contributed by atoms with Gasteiger partial charge in [0.05, 0.1) is 5.75 Å². The molecule has 3 N–H and O–H groups in total. The van der Waals surface area contributed by atoms with Crippen LogP contribution in [0.15, 0.2) is 48.5 Å². The topological polar surface area (TPSA) is 104 Å². The summed E-state index contributed by atoms with van der Waals surface area (Å²) in [6.45, 7) is 5.97. The molecule has 2 rings (SSSR count). The summed E-state index contributed by atoms with van der Waals surface area (Å²) in [5.41, 5.74) is 3.05. The standard InChI is InChI=1S/C22H29N3O4S/c1-15(2)20(25-21(26)19-11-5-16(3)6-12-19)22(27)24-13-17-7-9-18(10-8-17)14-30(28,29)23-4/h5-12,15,20,23H,13-14H2,1-4H3,(H,24,27)(H,25,26)/t20-/m0/s1. The van der Waals surface area contributed by atoms with Crippen LogP contribution in [0.25, 0.3) is 0 Å². The van der Waals surface area contributed by atoms with Gasteiger partial charge < -0.3 is 10.6 Å². The highest BCUT2D eigenvalue weighted by Gasteiger charge is 2.24. The molecule has 162 valence electrons.